The topological polar surface area (TPSA) is 91.0 Å². The van der Waals surface area contributed by atoms with Gasteiger partial charge in [0, 0.05) is 0 Å². The number of hydrogen-bond donors (Lipinski definition) is 2. The van der Waals surface area contributed by atoms with E-state index in [1.807, 2.05) is 6.92 Å². The van der Waals surface area contributed by atoms with E-state index in [0.29, 0.717) is 25.4 Å². The molecular formula is C14H19NO5. The molecule has 0 amide bonds. The number of carbonyl (C=O) groups is 1. The normalized spacial score (nSPS) is 23.5. The van der Waals surface area contributed by atoms with Crippen LogP contribution in [0, 0.1) is 0 Å². The maximum Gasteiger partial charge on any atom is 0.320 e. The zero-order valence-corrected chi connectivity index (χ0v) is 11.3. The Morgan fingerprint density at radius 1 is 1.50 bits per heavy atom. The van der Waals surface area contributed by atoms with E-state index < -0.39 is 12.0 Å². The number of nitrogens with two attached hydrogens (primary N) is 1. The van der Waals surface area contributed by atoms with Crippen molar-refractivity contribution in [2.24, 2.45) is 5.73 Å². The van der Waals surface area contributed by atoms with E-state index in [1.165, 1.54) is 0 Å². The molecule has 0 aromatic heterocycles. The van der Waals surface area contributed by atoms with Crippen molar-refractivity contribution < 1.29 is 24.1 Å². The first-order valence-electron chi connectivity index (χ1n) is 6.52. The van der Waals surface area contributed by atoms with E-state index in [1.54, 1.807) is 24.3 Å². The molecule has 1 aromatic rings. The summed E-state index contributed by atoms with van der Waals surface area (Å²) in [5.74, 6) is -0.320. The molecule has 3 N–H and O–H groups in total. The van der Waals surface area contributed by atoms with Crippen LogP contribution < -0.4 is 10.5 Å². The minimum atomic E-state index is -1.00. The average Bonchev–Trinajstić information content (AvgIpc) is 2.83. The van der Waals surface area contributed by atoms with Gasteiger partial charge in [-0.25, -0.2) is 0 Å². The molecule has 0 bridgehead atoms. The zero-order valence-electron chi connectivity index (χ0n) is 11.3. The van der Waals surface area contributed by atoms with Gasteiger partial charge in [0.1, 0.15) is 18.4 Å². The van der Waals surface area contributed by atoms with Crippen LogP contribution in [0.5, 0.6) is 5.75 Å². The van der Waals surface area contributed by atoms with Crippen molar-refractivity contribution in [3.05, 3.63) is 29.8 Å². The van der Waals surface area contributed by atoms with Crippen molar-refractivity contribution in [2.75, 3.05) is 13.2 Å². The highest BCUT2D eigenvalue weighted by Crippen LogP contribution is 2.16. The highest BCUT2D eigenvalue weighted by Gasteiger charge is 2.22. The summed E-state index contributed by atoms with van der Waals surface area (Å²) in [6.45, 7) is 2.86. The zero-order chi connectivity index (χ0) is 14.5. The Kier molecular flexibility index (Phi) is 4.94. The fourth-order valence-electron chi connectivity index (χ4n) is 1.90. The Labute approximate surface area is 117 Å². The van der Waals surface area contributed by atoms with Gasteiger partial charge < -0.3 is 25.1 Å². The number of carboxylic acids is 1. The average molecular weight is 281 g/mol. The van der Waals surface area contributed by atoms with Crippen LogP contribution in [0.2, 0.25) is 0 Å². The number of carboxylic acid groups (broad SMARTS) is 1. The van der Waals surface area contributed by atoms with Gasteiger partial charge in [0.05, 0.1) is 12.7 Å². The molecule has 0 spiro atoms. The van der Waals surface area contributed by atoms with E-state index in [0.717, 1.165) is 5.56 Å². The summed E-state index contributed by atoms with van der Waals surface area (Å²) in [7, 11) is 0. The van der Waals surface area contributed by atoms with Gasteiger partial charge in [-0.1, -0.05) is 12.1 Å². The molecule has 6 nitrogen and oxygen atoms in total. The third kappa shape index (κ3) is 4.19. The summed E-state index contributed by atoms with van der Waals surface area (Å²) >= 11 is 0. The van der Waals surface area contributed by atoms with Crippen LogP contribution in [-0.2, 0) is 20.7 Å². The quantitative estimate of drug-likeness (QED) is 0.800. The molecule has 1 fully saturated rings. The first kappa shape index (κ1) is 14.8. The van der Waals surface area contributed by atoms with Gasteiger partial charge >= 0.3 is 5.97 Å². The summed E-state index contributed by atoms with van der Waals surface area (Å²) in [5, 5.41) is 8.75. The van der Waals surface area contributed by atoms with Crippen molar-refractivity contribution in [1.82, 2.24) is 0 Å². The largest absolute Gasteiger partial charge is 0.488 e. The van der Waals surface area contributed by atoms with Crippen molar-refractivity contribution in [2.45, 2.75) is 31.8 Å². The van der Waals surface area contributed by atoms with Crippen molar-refractivity contribution in [1.29, 1.82) is 0 Å². The van der Waals surface area contributed by atoms with Crippen LogP contribution in [-0.4, -0.2) is 42.7 Å². The summed E-state index contributed by atoms with van der Waals surface area (Å²) in [5.41, 5.74) is 6.33. The predicted octanol–water partition coefficient (Wildman–Crippen LogP) is 0.781. The standard InChI is InChI=1S/C14H19NO5/c1-9-7-19-13(20-9)8-18-11-4-2-10(3-5-11)6-12(15)14(16)17/h2-5,9,12-13H,6-8,15H2,1H3,(H,16,17). The predicted molar refractivity (Wildman–Crippen MR) is 71.5 cm³/mol. The molecule has 1 heterocycles. The van der Waals surface area contributed by atoms with Crippen LogP contribution in [0.1, 0.15) is 12.5 Å². The SMILES string of the molecule is CC1COC(COc2ccc(CC(N)C(=O)O)cc2)O1. The maximum atomic E-state index is 10.7. The molecule has 1 aliphatic heterocycles. The van der Waals surface area contributed by atoms with Crippen LogP contribution in [0.3, 0.4) is 0 Å². The Balaban J connectivity index is 1.80. The van der Waals surface area contributed by atoms with Crippen LogP contribution in [0.15, 0.2) is 24.3 Å². The molecule has 1 aromatic carbocycles. The lowest BCUT2D eigenvalue weighted by atomic mass is 10.1. The first-order valence-corrected chi connectivity index (χ1v) is 6.52. The van der Waals surface area contributed by atoms with Gasteiger partial charge in [0.15, 0.2) is 6.29 Å². The number of aliphatic carboxylic acids is 1. The highest BCUT2D eigenvalue weighted by molar-refractivity contribution is 5.73. The minimum Gasteiger partial charge on any atom is -0.488 e. The summed E-state index contributed by atoms with van der Waals surface area (Å²) < 4.78 is 16.4. The van der Waals surface area contributed by atoms with E-state index in [-0.39, 0.29) is 12.4 Å². The summed E-state index contributed by atoms with van der Waals surface area (Å²) in [6.07, 6.45) is 0.0655. The lowest BCUT2D eigenvalue weighted by Gasteiger charge is -2.12. The van der Waals surface area contributed by atoms with Crippen LogP contribution >= 0.6 is 0 Å². The van der Waals surface area contributed by atoms with E-state index >= 15 is 0 Å². The maximum absolute atomic E-state index is 10.7. The Bertz CT molecular complexity index is 447. The molecule has 3 atom stereocenters. The van der Waals surface area contributed by atoms with E-state index in [9.17, 15) is 4.79 Å². The van der Waals surface area contributed by atoms with Gasteiger partial charge in [0.2, 0.25) is 0 Å². The molecule has 2 rings (SSSR count). The Morgan fingerprint density at radius 2 is 2.20 bits per heavy atom. The molecule has 0 aliphatic carbocycles. The highest BCUT2D eigenvalue weighted by atomic mass is 16.7. The molecule has 1 saturated heterocycles. The molecule has 0 radical (unpaired) electrons. The van der Waals surface area contributed by atoms with Crippen LogP contribution in [0.4, 0.5) is 0 Å². The fraction of sp³-hybridized carbons (Fsp3) is 0.500. The van der Waals surface area contributed by atoms with Gasteiger partial charge in [-0.3, -0.25) is 4.79 Å². The van der Waals surface area contributed by atoms with Gasteiger partial charge in [-0.15, -0.1) is 0 Å². The third-order valence-electron chi connectivity index (χ3n) is 2.98. The number of hydrogen-bond acceptors (Lipinski definition) is 5. The lowest BCUT2D eigenvalue weighted by molar-refractivity contribution is -0.138. The lowest BCUT2D eigenvalue weighted by Crippen LogP contribution is -2.32. The van der Waals surface area contributed by atoms with Gasteiger partial charge in [0.25, 0.3) is 0 Å². The molecular weight excluding hydrogens is 262 g/mol. The monoisotopic (exact) mass is 281 g/mol. The summed E-state index contributed by atoms with van der Waals surface area (Å²) in [6, 6.07) is 6.28. The Hall–Kier alpha value is -1.63. The first-order chi connectivity index (χ1) is 9.54. The number of rotatable bonds is 6. The van der Waals surface area contributed by atoms with Gasteiger partial charge in [-0.05, 0) is 31.0 Å². The second kappa shape index (κ2) is 6.69. The Morgan fingerprint density at radius 3 is 2.75 bits per heavy atom. The van der Waals surface area contributed by atoms with Crippen molar-refractivity contribution in [3.8, 4) is 5.75 Å². The molecule has 20 heavy (non-hydrogen) atoms. The second-order valence-electron chi connectivity index (χ2n) is 4.81. The molecule has 1 aliphatic rings. The minimum absolute atomic E-state index is 0.100. The van der Waals surface area contributed by atoms with Gasteiger partial charge in [-0.2, -0.15) is 0 Å². The number of ether oxygens (including phenoxy) is 3. The smallest absolute Gasteiger partial charge is 0.320 e. The van der Waals surface area contributed by atoms with E-state index in [4.69, 9.17) is 25.1 Å². The fourth-order valence-corrected chi connectivity index (χ4v) is 1.90. The van der Waals surface area contributed by atoms with Crippen molar-refractivity contribution in [3.63, 3.8) is 0 Å². The van der Waals surface area contributed by atoms with Crippen molar-refractivity contribution >= 4 is 5.97 Å². The van der Waals surface area contributed by atoms with E-state index in [2.05, 4.69) is 0 Å². The second-order valence-corrected chi connectivity index (χ2v) is 4.81. The van der Waals surface area contributed by atoms with Crippen LogP contribution in [0.25, 0.3) is 0 Å². The summed E-state index contributed by atoms with van der Waals surface area (Å²) in [4.78, 5) is 10.7. The number of benzene rings is 1. The molecule has 110 valence electrons. The third-order valence-corrected chi connectivity index (χ3v) is 2.98. The molecule has 3 unspecified atom stereocenters. The molecule has 6 heteroatoms. The molecule has 0 saturated carbocycles.